The zero-order valence-corrected chi connectivity index (χ0v) is 14.4. The van der Waals surface area contributed by atoms with Gasteiger partial charge in [0.15, 0.2) is 0 Å². The van der Waals surface area contributed by atoms with Crippen molar-refractivity contribution in [3.8, 4) is 0 Å². The first-order valence-corrected chi connectivity index (χ1v) is 9.09. The third-order valence-corrected chi connectivity index (χ3v) is 4.87. The van der Waals surface area contributed by atoms with Crippen LogP contribution in [-0.4, -0.2) is 57.3 Å². The fraction of sp³-hybridized carbons (Fsp3) is 1.00. The maximum atomic E-state index is 12.2. The van der Waals surface area contributed by atoms with E-state index in [0.717, 1.165) is 32.6 Å². The van der Waals surface area contributed by atoms with Crippen LogP contribution in [0.5, 0.6) is 0 Å². The smallest absolute Gasteiger partial charge is 0.213 e. The molecule has 0 bridgehead atoms. The van der Waals surface area contributed by atoms with Gasteiger partial charge in [-0.25, -0.2) is 13.1 Å². The number of nitrogens with zero attached hydrogens (tertiary/aromatic N) is 1. The number of rotatable bonds is 6. The normalized spacial score (nSPS) is 19.2. The first kappa shape index (κ1) is 17.9. The van der Waals surface area contributed by atoms with Crippen molar-refractivity contribution in [2.24, 2.45) is 5.41 Å². The highest BCUT2D eigenvalue weighted by Crippen LogP contribution is 2.27. The van der Waals surface area contributed by atoms with Crippen LogP contribution in [0.15, 0.2) is 0 Å². The molecule has 0 aromatic carbocycles. The minimum absolute atomic E-state index is 0.102. The average Bonchev–Trinajstić information content (AvgIpc) is 2.23. The summed E-state index contributed by atoms with van der Waals surface area (Å²) in [6.07, 6.45) is 0.812. The fourth-order valence-corrected chi connectivity index (χ4v) is 4.53. The molecule has 2 N–H and O–H groups in total. The molecule has 1 aliphatic rings. The number of hydrogen-bond acceptors (Lipinski definition) is 4. The lowest BCUT2D eigenvalue weighted by molar-refractivity contribution is 0.251. The maximum Gasteiger partial charge on any atom is 0.213 e. The predicted octanol–water partition coefficient (Wildman–Crippen LogP) is 1.03. The molecule has 0 amide bonds. The van der Waals surface area contributed by atoms with Crippen LogP contribution in [0.4, 0.5) is 0 Å². The number of hydrogen-bond donors (Lipinski definition) is 2. The summed E-state index contributed by atoms with van der Waals surface area (Å²) in [6, 6.07) is 0. The van der Waals surface area contributed by atoms with Gasteiger partial charge in [-0.2, -0.15) is 0 Å². The predicted molar refractivity (Wildman–Crippen MR) is 84.4 cm³/mol. The molecule has 0 aliphatic carbocycles. The van der Waals surface area contributed by atoms with E-state index < -0.39 is 15.6 Å². The van der Waals surface area contributed by atoms with E-state index in [-0.39, 0.29) is 11.2 Å². The first-order chi connectivity index (χ1) is 8.99. The van der Waals surface area contributed by atoms with Crippen LogP contribution in [0.2, 0.25) is 0 Å². The van der Waals surface area contributed by atoms with Crippen LogP contribution in [0.3, 0.4) is 0 Å². The largest absolute Gasteiger partial charge is 0.314 e. The summed E-state index contributed by atoms with van der Waals surface area (Å²) in [5.74, 6) is 0.181. The number of piperazine rings is 1. The zero-order chi connectivity index (χ0) is 15.4. The summed E-state index contributed by atoms with van der Waals surface area (Å²) in [6.45, 7) is 14.7. The van der Waals surface area contributed by atoms with Crippen LogP contribution in [-0.2, 0) is 10.0 Å². The van der Waals surface area contributed by atoms with E-state index in [0.29, 0.717) is 6.54 Å². The molecular formula is C14H31N3O2S. The molecule has 20 heavy (non-hydrogen) atoms. The molecule has 0 unspecified atom stereocenters. The topological polar surface area (TPSA) is 61.4 Å². The van der Waals surface area contributed by atoms with Gasteiger partial charge in [0.05, 0.1) is 5.75 Å². The van der Waals surface area contributed by atoms with Gasteiger partial charge >= 0.3 is 0 Å². The minimum atomic E-state index is -3.22. The molecular weight excluding hydrogens is 274 g/mol. The van der Waals surface area contributed by atoms with Gasteiger partial charge in [0.2, 0.25) is 10.0 Å². The van der Waals surface area contributed by atoms with E-state index in [1.54, 1.807) is 0 Å². The van der Waals surface area contributed by atoms with Gasteiger partial charge in [-0.05, 0) is 25.7 Å². The van der Waals surface area contributed by atoms with Gasteiger partial charge < -0.3 is 5.32 Å². The van der Waals surface area contributed by atoms with Crippen molar-refractivity contribution < 1.29 is 8.42 Å². The molecule has 1 saturated heterocycles. The van der Waals surface area contributed by atoms with Crippen molar-refractivity contribution in [2.45, 2.75) is 46.6 Å². The van der Waals surface area contributed by atoms with Crippen LogP contribution in [0, 0.1) is 5.41 Å². The Hall–Kier alpha value is -0.170. The molecule has 0 aromatic heterocycles. The highest BCUT2D eigenvalue weighted by atomic mass is 32.2. The molecule has 0 radical (unpaired) electrons. The summed E-state index contributed by atoms with van der Waals surface area (Å²) in [5.41, 5.74) is -0.300. The molecule has 0 aromatic rings. The molecule has 0 saturated carbocycles. The van der Waals surface area contributed by atoms with Gasteiger partial charge in [-0.15, -0.1) is 0 Å². The van der Waals surface area contributed by atoms with Crippen molar-refractivity contribution in [2.75, 3.05) is 38.5 Å². The van der Waals surface area contributed by atoms with E-state index in [1.165, 1.54) is 0 Å². The fourth-order valence-electron chi connectivity index (χ4n) is 3.02. The lowest BCUT2D eigenvalue weighted by atomic mass is 9.82. The Morgan fingerprint density at radius 3 is 2.15 bits per heavy atom. The Morgan fingerprint density at radius 1 is 1.10 bits per heavy atom. The lowest BCUT2D eigenvalue weighted by Crippen LogP contribution is -2.49. The molecule has 0 spiro atoms. The molecule has 1 rings (SSSR count). The molecule has 120 valence electrons. The number of sulfonamides is 1. The van der Waals surface area contributed by atoms with Gasteiger partial charge in [0, 0.05) is 38.3 Å². The van der Waals surface area contributed by atoms with E-state index in [2.05, 4.69) is 35.7 Å². The average molecular weight is 305 g/mol. The van der Waals surface area contributed by atoms with Gasteiger partial charge in [0.25, 0.3) is 0 Å². The number of nitrogens with one attached hydrogen (secondary N) is 2. The monoisotopic (exact) mass is 305 g/mol. The van der Waals surface area contributed by atoms with E-state index in [9.17, 15) is 8.42 Å². The van der Waals surface area contributed by atoms with Crippen molar-refractivity contribution in [3.63, 3.8) is 0 Å². The lowest BCUT2D eigenvalue weighted by Gasteiger charge is -2.33. The SMILES string of the molecule is CC(C)(C)CC(C)(C)NS(=O)(=O)CCN1CCNCC1. The highest BCUT2D eigenvalue weighted by Gasteiger charge is 2.29. The van der Waals surface area contributed by atoms with Crippen molar-refractivity contribution in [3.05, 3.63) is 0 Å². The van der Waals surface area contributed by atoms with Crippen LogP contribution in [0.25, 0.3) is 0 Å². The van der Waals surface area contributed by atoms with Crippen LogP contribution in [0.1, 0.15) is 41.0 Å². The highest BCUT2D eigenvalue weighted by molar-refractivity contribution is 7.89. The summed E-state index contributed by atoms with van der Waals surface area (Å²) in [5, 5.41) is 3.27. The summed E-state index contributed by atoms with van der Waals surface area (Å²) < 4.78 is 27.3. The maximum absolute atomic E-state index is 12.2. The Balaban J connectivity index is 2.47. The van der Waals surface area contributed by atoms with Gasteiger partial charge in [-0.3, -0.25) is 4.90 Å². The standard InChI is InChI=1S/C14H31N3O2S/c1-13(2,3)12-14(4,5)16-20(18,19)11-10-17-8-6-15-7-9-17/h15-16H,6-12H2,1-5H3. The van der Waals surface area contributed by atoms with E-state index in [4.69, 9.17) is 0 Å². The minimum Gasteiger partial charge on any atom is -0.314 e. The van der Waals surface area contributed by atoms with Gasteiger partial charge in [-0.1, -0.05) is 20.8 Å². The second-order valence-corrected chi connectivity index (χ2v) is 9.48. The molecule has 5 nitrogen and oxygen atoms in total. The summed E-state index contributed by atoms with van der Waals surface area (Å²) in [7, 11) is -3.22. The van der Waals surface area contributed by atoms with Crippen molar-refractivity contribution in [1.29, 1.82) is 0 Å². The van der Waals surface area contributed by atoms with Crippen molar-refractivity contribution >= 4 is 10.0 Å². The Labute approximate surface area is 124 Å². The molecule has 1 aliphatic heterocycles. The Bertz CT molecular complexity index is 393. The zero-order valence-electron chi connectivity index (χ0n) is 13.6. The van der Waals surface area contributed by atoms with Crippen molar-refractivity contribution in [1.82, 2.24) is 14.9 Å². The first-order valence-electron chi connectivity index (χ1n) is 7.44. The quantitative estimate of drug-likeness (QED) is 0.769. The second-order valence-electron chi connectivity index (χ2n) is 7.63. The Kier molecular flexibility index (Phi) is 6.01. The van der Waals surface area contributed by atoms with Gasteiger partial charge in [0.1, 0.15) is 0 Å². The molecule has 1 heterocycles. The molecule has 6 heteroatoms. The summed E-state index contributed by atoms with van der Waals surface area (Å²) in [4.78, 5) is 2.20. The third kappa shape index (κ3) is 7.57. The van der Waals surface area contributed by atoms with E-state index in [1.807, 2.05) is 13.8 Å². The van der Waals surface area contributed by atoms with Crippen LogP contribution >= 0.6 is 0 Å². The third-order valence-electron chi connectivity index (χ3n) is 3.29. The summed E-state index contributed by atoms with van der Waals surface area (Å²) >= 11 is 0. The second kappa shape index (κ2) is 6.73. The molecule has 0 atom stereocenters. The van der Waals surface area contributed by atoms with E-state index >= 15 is 0 Å². The van der Waals surface area contributed by atoms with Crippen LogP contribution < -0.4 is 10.0 Å². The Morgan fingerprint density at radius 2 is 1.65 bits per heavy atom. The molecule has 1 fully saturated rings.